The molecule has 0 unspecified atom stereocenters. The van der Waals surface area contributed by atoms with Gasteiger partial charge in [-0.1, -0.05) is 12.1 Å². The largest absolute Gasteiger partial charge is 0.497 e. The van der Waals surface area contributed by atoms with Crippen molar-refractivity contribution < 1.29 is 14.3 Å². The molecule has 2 heterocycles. The zero-order chi connectivity index (χ0) is 19.3. The molecule has 0 saturated carbocycles. The van der Waals surface area contributed by atoms with E-state index in [0.29, 0.717) is 18.9 Å². The molecular weight excluding hydrogens is 374 g/mol. The quantitative estimate of drug-likeness (QED) is 0.710. The van der Waals surface area contributed by atoms with Gasteiger partial charge in [-0.2, -0.15) is 0 Å². The minimum absolute atomic E-state index is 0.211. The van der Waals surface area contributed by atoms with Crippen molar-refractivity contribution in [3.8, 4) is 16.3 Å². The molecule has 7 heteroatoms. The van der Waals surface area contributed by atoms with Gasteiger partial charge in [-0.15, -0.1) is 11.3 Å². The van der Waals surface area contributed by atoms with Gasteiger partial charge >= 0.3 is 0 Å². The van der Waals surface area contributed by atoms with Gasteiger partial charge in [-0.25, -0.2) is 4.98 Å². The van der Waals surface area contributed by atoms with Gasteiger partial charge in [0, 0.05) is 24.0 Å². The van der Waals surface area contributed by atoms with Crippen LogP contribution in [0.3, 0.4) is 0 Å². The number of methoxy groups -OCH3 is 1. The van der Waals surface area contributed by atoms with E-state index in [0.717, 1.165) is 40.8 Å². The van der Waals surface area contributed by atoms with Crippen molar-refractivity contribution in [3.05, 3.63) is 59.6 Å². The van der Waals surface area contributed by atoms with Crippen LogP contribution in [-0.4, -0.2) is 44.3 Å². The van der Waals surface area contributed by atoms with E-state index in [9.17, 15) is 4.79 Å². The number of carbonyl (C=O) groups excluding carboxylic acids is 1. The first-order valence-corrected chi connectivity index (χ1v) is 9.95. The molecule has 1 amide bonds. The van der Waals surface area contributed by atoms with E-state index in [1.807, 2.05) is 48.5 Å². The fourth-order valence-corrected chi connectivity index (χ4v) is 3.90. The smallest absolute Gasteiger partial charge is 0.275 e. The summed E-state index contributed by atoms with van der Waals surface area (Å²) in [5, 5.41) is 5.59. The molecule has 0 spiro atoms. The Hall–Kier alpha value is -2.90. The number of rotatable bonds is 5. The van der Waals surface area contributed by atoms with Crippen LogP contribution in [0.4, 0.5) is 11.4 Å². The van der Waals surface area contributed by atoms with Gasteiger partial charge in [-0.05, 0) is 36.4 Å². The van der Waals surface area contributed by atoms with Crippen molar-refractivity contribution in [2.75, 3.05) is 43.6 Å². The van der Waals surface area contributed by atoms with Crippen LogP contribution in [0, 0.1) is 0 Å². The van der Waals surface area contributed by atoms with Crippen LogP contribution >= 0.6 is 11.3 Å². The van der Waals surface area contributed by atoms with Gasteiger partial charge in [0.2, 0.25) is 0 Å². The fraction of sp³-hybridized carbons (Fsp3) is 0.238. The van der Waals surface area contributed by atoms with Crippen molar-refractivity contribution in [1.82, 2.24) is 4.98 Å². The van der Waals surface area contributed by atoms with Gasteiger partial charge in [0.1, 0.15) is 16.5 Å². The number of benzene rings is 2. The van der Waals surface area contributed by atoms with Gasteiger partial charge in [0.15, 0.2) is 0 Å². The average molecular weight is 395 g/mol. The Balaban J connectivity index is 1.51. The number of carbonyl (C=O) groups is 1. The lowest BCUT2D eigenvalue weighted by atomic mass is 10.2. The molecule has 6 nitrogen and oxygen atoms in total. The standard InChI is InChI=1S/C21H21N3O3S/c1-26-16-8-6-15(7-9-16)21-23-18(14-28-21)20(25)22-17-4-2-3-5-19(17)24-10-12-27-13-11-24/h2-9,14H,10-13H2,1H3,(H,22,25). The fourth-order valence-electron chi connectivity index (χ4n) is 3.09. The number of nitrogens with zero attached hydrogens (tertiary/aromatic N) is 2. The first kappa shape index (κ1) is 18.5. The Labute approximate surface area is 167 Å². The van der Waals surface area contributed by atoms with E-state index in [4.69, 9.17) is 9.47 Å². The average Bonchev–Trinajstić information content (AvgIpc) is 3.25. The third kappa shape index (κ3) is 4.00. The van der Waals surface area contributed by atoms with Gasteiger partial charge < -0.3 is 19.7 Å². The first-order chi connectivity index (χ1) is 13.7. The molecule has 0 bridgehead atoms. The summed E-state index contributed by atoms with van der Waals surface area (Å²) in [5.41, 5.74) is 3.16. The number of amides is 1. The van der Waals surface area contributed by atoms with Crippen molar-refractivity contribution in [1.29, 1.82) is 0 Å². The number of thiazole rings is 1. The Morgan fingerprint density at radius 3 is 2.64 bits per heavy atom. The molecule has 2 aromatic carbocycles. The number of ether oxygens (including phenoxy) is 2. The van der Waals surface area contributed by atoms with Crippen LogP contribution in [0.25, 0.3) is 10.6 Å². The van der Waals surface area contributed by atoms with E-state index in [1.54, 1.807) is 12.5 Å². The Bertz CT molecular complexity index is 950. The monoisotopic (exact) mass is 395 g/mol. The number of aromatic nitrogens is 1. The summed E-state index contributed by atoms with van der Waals surface area (Å²) in [4.78, 5) is 19.5. The minimum Gasteiger partial charge on any atom is -0.497 e. The number of nitrogens with one attached hydrogen (secondary N) is 1. The summed E-state index contributed by atoms with van der Waals surface area (Å²) >= 11 is 1.45. The molecule has 4 rings (SSSR count). The van der Waals surface area contributed by atoms with Crippen molar-refractivity contribution >= 4 is 28.6 Å². The topological polar surface area (TPSA) is 63.7 Å². The molecule has 28 heavy (non-hydrogen) atoms. The summed E-state index contributed by atoms with van der Waals surface area (Å²) in [7, 11) is 1.63. The number of para-hydroxylation sites is 2. The molecular formula is C21H21N3O3S. The molecule has 0 radical (unpaired) electrons. The zero-order valence-corrected chi connectivity index (χ0v) is 16.4. The van der Waals surface area contributed by atoms with Crippen LogP contribution in [0.15, 0.2) is 53.9 Å². The molecule has 144 valence electrons. The summed E-state index contributed by atoms with van der Waals surface area (Å²) < 4.78 is 10.6. The predicted octanol–water partition coefficient (Wildman–Crippen LogP) is 3.91. The van der Waals surface area contributed by atoms with Gasteiger partial charge in [0.05, 0.1) is 31.7 Å². The lowest BCUT2D eigenvalue weighted by molar-refractivity contribution is 0.102. The Morgan fingerprint density at radius 2 is 1.89 bits per heavy atom. The highest BCUT2D eigenvalue weighted by molar-refractivity contribution is 7.13. The summed E-state index contributed by atoms with van der Waals surface area (Å²) in [6, 6.07) is 15.5. The molecule has 1 aliphatic rings. The Kier molecular flexibility index (Phi) is 5.55. The maximum Gasteiger partial charge on any atom is 0.275 e. The molecule has 1 N–H and O–H groups in total. The third-order valence-electron chi connectivity index (χ3n) is 4.58. The second kappa shape index (κ2) is 8.41. The molecule has 1 fully saturated rings. The lowest BCUT2D eigenvalue weighted by Gasteiger charge is -2.30. The molecule has 1 saturated heterocycles. The Morgan fingerprint density at radius 1 is 1.14 bits per heavy atom. The minimum atomic E-state index is -0.211. The van der Waals surface area contributed by atoms with Crippen molar-refractivity contribution in [3.63, 3.8) is 0 Å². The highest BCUT2D eigenvalue weighted by atomic mass is 32.1. The van der Waals surface area contributed by atoms with Crippen molar-refractivity contribution in [2.24, 2.45) is 0 Å². The number of anilines is 2. The molecule has 3 aromatic rings. The number of morpholine rings is 1. The number of hydrogen-bond acceptors (Lipinski definition) is 6. The molecule has 1 aromatic heterocycles. The SMILES string of the molecule is COc1ccc(-c2nc(C(=O)Nc3ccccc3N3CCOCC3)cs2)cc1. The third-order valence-corrected chi connectivity index (χ3v) is 5.47. The first-order valence-electron chi connectivity index (χ1n) is 9.07. The van der Waals surface area contributed by atoms with E-state index in [2.05, 4.69) is 15.2 Å². The second-order valence-electron chi connectivity index (χ2n) is 6.34. The highest BCUT2D eigenvalue weighted by Crippen LogP contribution is 2.29. The number of hydrogen-bond donors (Lipinski definition) is 1. The molecule has 0 aliphatic carbocycles. The zero-order valence-electron chi connectivity index (χ0n) is 15.6. The van der Waals surface area contributed by atoms with E-state index in [-0.39, 0.29) is 5.91 Å². The van der Waals surface area contributed by atoms with E-state index < -0.39 is 0 Å². The summed E-state index contributed by atoms with van der Waals surface area (Å²) in [5.74, 6) is 0.578. The maximum atomic E-state index is 12.8. The second-order valence-corrected chi connectivity index (χ2v) is 7.20. The molecule has 0 atom stereocenters. The predicted molar refractivity (Wildman–Crippen MR) is 112 cm³/mol. The highest BCUT2D eigenvalue weighted by Gasteiger charge is 2.18. The van der Waals surface area contributed by atoms with Crippen molar-refractivity contribution in [2.45, 2.75) is 0 Å². The van der Waals surface area contributed by atoms with Crippen LogP contribution in [0.1, 0.15) is 10.5 Å². The van der Waals surface area contributed by atoms with Crippen LogP contribution in [0.2, 0.25) is 0 Å². The molecule has 1 aliphatic heterocycles. The normalized spacial score (nSPS) is 14.0. The van der Waals surface area contributed by atoms with Crippen LogP contribution in [-0.2, 0) is 4.74 Å². The van der Waals surface area contributed by atoms with Crippen LogP contribution in [0.5, 0.6) is 5.75 Å². The lowest BCUT2D eigenvalue weighted by Crippen LogP contribution is -2.36. The summed E-state index contributed by atoms with van der Waals surface area (Å²) in [6.07, 6.45) is 0. The van der Waals surface area contributed by atoms with E-state index in [1.165, 1.54) is 11.3 Å². The van der Waals surface area contributed by atoms with Gasteiger partial charge in [0.25, 0.3) is 5.91 Å². The van der Waals surface area contributed by atoms with Gasteiger partial charge in [-0.3, -0.25) is 4.79 Å². The van der Waals surface area contributed by atoms with E-state index >= 15 is 0 Å². The maximum absolute atomic E-state index is 12.8. The van der Waals surface area contributed by atoms with Crippen LogP contribution < -0.4 is 15.0 Å². The summed E-state index contributed by atoms with van der Waals surface area (Å²) in [6.45, 7) is 3.01.